The summed E-state index contributed by atoms with van der Waals surface area (Å²) in [6.07, 6.45) is 14.4. The summed E-state index contributed by atoms with van der Waals surface area (Å²) in [5, 5.41) is 13.6. The van der Waals surface area contributed by atoms with E-state index in [1.165, 1.54) is 70.6 Å². The summed E-state index contributed by atoms with van der Waals surface area (Å²) in [6, 6.07) is 0.600. The third kappa shape index (κ3) is 4.77. The third-order valence-corrected chi connectivity index (χ3v) is 7.18. The van der Waals surface area contributed by atoms with Crippen LogP contribution >= 0.6 is 0 Å². The Bertz CT molecular complexity index is 386. The largest absolute Gasteiger partial charge is 0.389 e. The maximum absolute atomic E-state index is 10.1. The average Bonchev–Trinajstić information content (AvgIpc) is 2.59. The second kappa shape index (κ2) is 8.24. The number of rotatable bonds is 9. The van der Waals surface area contributed by atoms with Crippen molar-refractivity contribution < 1.29 is 14.6 Å². The molecule has 5 saturated carbocycles. The summed E-state index contributed by atoms with van der Waals surface area (Å²) >= 11 is 0. The SMILES string of the molecule is OC(CNC1CCCCC1)COCCOC12CC3CC(CC(C3)C1)C2. The molecule has 0 radical (unpaired) electrons. The van der Waals surface area contributed by atoms with E-state index in [1.54, 1.807) is 0 Å². The zero-order valence-electron chi connectivity index (χ0n) is 15.8. The maximum atomic E-state index is 10.1. The fourth-order valence-electron chi connectivity index (χ4n) is 6.41. The van der Waals surface area contributed by atoms with E-state index in [4.69, 9.17) is 9.47 Å². The Balaban J connectivity index is 1.08. The smallest absolute Gasteiger partial charge is 0.0897 e. The van der Waals surface area contributed by atoms with Gasteiger partial charge in [-0.25, -0.2) is 0 Å². The molecule has 0 spiro atoms. The molecule has 1 unspecified atom stereocenters. The Morgan fingerprint density at radius 2 is 1.56 bits per heavy atom. The summed E-state index contributed by atoms with van der Waals surface area (Å²) in [6.45, 7) is 2.38. The van der Waals surface area contributed by atoms with Gasteiger partial charge in [0.2, 0.25) is 0 Å². The Hall–Kier alpha value is -0.160. The zero-order valence-corrected chi connectivity index (χ0v) is 15.8. The normalized spacial score (nSPS) is 39.0. The molecule has 0 aromatic carbocycles. The van der Waals surface area contributed by atoms with Crippen LogP contribution in [0.1, 0.15) is 70.6 Å². The molecule has 4 bridgehead atoms. The van der Waals surface area contributed by atoms with Gasteiger partial charge in [0.15, 0.2) is 0 Å². The van der Waals surface area contributed by atoms with E-state index in [1.807, 2.05) is 0 Å². The molecule has 0 amide bonds. The van der Waals surface area contributed by atoms with Gasteiger partial charge >= 0.3 is 0 Å². The molecule has 5 aliphatic rings. The summed E-state index contributed by atoms with van der Waals surface area (Å²) in [5.74, 6) is 2.79. The highest BCUT2D eigenvalue weighted by Gasteiger charge is 2.51. The Morgan fingerprint density at radius 3 is 2.20 bits per heavy atom. The van der Waals surface area contributed by atoms with Gasteiger partial charge in [-0.2, -0.15) is 0 Å². The minimum absolute atomic E-state index is 0.180. The van der Waals surface area contributed by atoms with E-state index in [2.05, 4.69) is 5.32 Å². The molecule has 25 heavy (non-hydrogen) atoms. The van der Waals surface area contributed by atoms with Crippen molar-refractivity contribution in [2.45, 2.75) is 88.4 Å². The van der Waals surface area contributed by atoms with E-state index in [-0.39, 0.29) is 5.60 Å². The van der Waals surface area contributed by atoms with Crippen LogP contribution in [0.3, 0.4) is 0 Å². The molecular formula is C21H37NO3. The molecule has 0 saturated heterocycles. The van der Waals surface area contributed by atoms with Crippen LogP contribution in [-0.2, 0) is 9.47 Å². The molecule has 1 atom stereocenters. The molecule has 0 aromatic rings. The summed E-state index contributed by atoms with van der Waals surface area (Å²) in [4.78, 5) is 0. The number of nitrogens with one attached hydrogen (secondary N) is 1. The fourth-order valence-corrected chi connectivity index (χ4v) is 6.41. The van der Waals surface area contributed by atoms with Crippen molar-refractivity contribution in [2.24, 2.45) is 17.8 Å². The second-order valence-corrected chi connectivity index (χ2v) is 9.42. The first-order valence-electron chi connectivity index (χ1n) is 10.8. The monoisotopic (exact) mass is 351 g/mol. The van der Waals surface area contributed by atoms with Gasteiger partial charge in [0.25, 0.3) is 0 Å². The van der Waals surface area contributed by atoms with Crippen molar-refractivity contribution in [3.63, 3.8) is 0 Å². The first kappa shape index (κ1) is 18.2. The van der Waals surface area contributed by atoms with Crippen molar-refractivity contribution in [3.05, 3.63) is 0 Å². The lowest BCUT2D eigenvalue weighted by molar-refractivity contribution is -0.170. The van der Waals surface area contributed by atoms with E-state index in [0.29, 0.717) is 32.4 Å². The van der Waals surface area contributed by atoms with Gasteiger partial charge in [0, 0.05) is 12.6 Å². The van der Waals surface area contributed by atoms with Gasteiger partial charge < -0.3 is 19.9 Å². The van der Waals surface area contributed by atoms with Gasteiger partial charge in [0.05, 0.1) is 31.5 Å². The van der Waals surface area contributed by atoms with Crippen molar-refractivity contribution in [3.8, 4) is 0 Å². The summed E-state index contributed by atoms with van der Waals surface area (Å²) in [7, 11) is 0. The van der Waals surface area contributed by atoms with E-state index < -0.39 is 6.10 Å². The number of hydrogen-bond donors (Lipinski definition) is 2. The molecule has 0 aromatic heterocycles. The predicted octanol–water partition coefficient (Wildman–Crippen LogP) is 3.27. The molecule has 5 rings (SSSR count). The van der Waals surface area contributed by atoms with Crippen LogP contribution in [0.5, 0.6) is 0 Å². The summed E-state index contributed by atoms with van der Waals surface area (Å²) < 4.78 is 12.0. The van der Waals surface area contributed by atoms with Crippen molar-refractivity contribution in [2.75, 3.05) is 26.4 Å². The number of hydrogen-bond acceptors (Lipinski definition) is 4. The molecular weight excluding hydrogens is 314 g/mol. The molecule has 4 nitrogen and oxygen atoms in total. The molecule has 2 N–H and O–H groups in total. The van der Waals surface area contributed by atoms with Crippen LogP contribution in [0.4, 0.5) is 0 Å². The van der Waals surface area contributed by atoms with Crippen LogP contribution < -0.4 is 5.32 Å². The number of aliphatic hydroxyl groups is 1. The van der Waals surface area contributed by atoms with Gasteiger partial charge in [-0.3, -0.25) is 0 Å². The Morgan fingerprint density at radius 1 is 0.920 bits per heavy atom. The van der Waals surface area contributed by atoms with E-state index in [9.17, 15) is 5.11 Å². The van der Waals surface area contributed by atoms with Crippen LogP contribution in [0.25, 0.3) is 0 Å². The van der Waals surface area contributed by atoms with Crippen LogP contribution in [-0.4, -0.2) is 49.2 Å². The van der Waals surface area contributed by atoms with Gasteiger partial charge in [-0.15, -0.1) is 0 Å². The highest BCUT2D eigenvalue weighted by Crippen LogP contribution is 2.57. The lowest BCUT2D eigenvalue weighted by Gasteiger charge is -2.56. The lowest BCUT2D eigenvalue weighted by Crippen LogP contribution is -2.52. The lowest BCUT2D eigenvalue weighted by atomic mass is 9.54. The molecule has 0 heterocycles. The first-order chi connectivity index (χ1) is 12.2. The van der Waals surface area contributed by atoms with Crippen molar-refractivity contribution >= 4 is 0 Å². The Labute approximate surface area is 153 Å². The minimum Gasteiger partial charge on any atom is -0.389 e. The van der Waals surface area contributed by atoms with Crippen molar-refractivity contribution in [1.82, 2.24) is 5.32 Å². The van der Waals surface area contributed by atoms with Gasteiger partial charge in [0.1, 0.15) is 0 Å². The molecule has 144 valence electrons. The summed E-state index contributed by atoms with van der Waals surface area (Å²) in [5.41, 5.74) is 0.180. The highest BCUT2D eigenvalue weighted by molar-refractivity contribution is 5.03. The van der Waals surface area contributed by atoms with E-state index in [0.717, 1.165) is 17.8 Å². The molecule has 5 fully saturated rings. The average molecular weight is 352 g/mol. The second-order valence-electron chi connectivity index (χ2n) is 9.42. The Kier molecular flexibility index (Phi) is 6.01. The predicted molar refractivity (Wildman–Crippen MR) is 98.6 cm³/mol. The van der Waals surface area contributed by atoms with Gasteiger partial charge in [-0.1, -0.05) is 19.3 Å². The zero-order chi connectivity index (χ0) is 17.1. The number of ether oxygens (including phenoxy) is 2. The standard InChI is InChI=1S/C21H37NO3/c23-20(14-22-19-4-2-1-3-5-19)15-24-6-7-25-21-11-16-8-17(12-21)10-18(9-16)13-21/h16-20,22-23H,1-15H2. The third-order valence-electron chi connectivity index (χ3n) is 7.18. The number of aliphatic hydroxyl groups excluding tert-OH is 1. The van der Waals surface area contributed by atoms with Crippen LogP contribution in [0, 0.1) is 17.8 Å². The first-order valence-corrected chi connectivity index (χ1v) is 10.8. The van der Waals surface area contributed by atoms with Crippen LogP contribution in [0.2, 0.25) is 0 Å². The molecule has 5 aliphatic carbocycles. The fraction of sp³-hybridized carbons (Fsp3) is 1.00. The topological polar surface area (TPSA) is 50.7 Å². The van der Waals surface area contributed by atoms with Crippen molar-refractivity contribution in [1.29, 1.82) is 0 Å². The van der Waals surface area contributed by atoms with Crippen LogP contribution in [0.15, 0.2) is 0 Å². The quantitative estimate of drug-likeness (QED) is 0.626. The van der Waals surface area contributed by atoms with Gasteiger partial charge in [-0.05, 0) is 69.1 Å². The highest BCUT2D eigenvalue weighted by atomic mass is 16.5. The molecule has 0 aliphatic heterocycles. The maximum Gasteiger partial charge on any atom is 0.0897 e. The van der Waals surface area contributed by atoms with E-state index >= 15 is 0 Å². The molecule has 4 heteroatoms. The minimum atomic E-state index is -0.401.